The lowest BCUT2D eigenvalue weighted by molar-refractivity contribution is 0.734. The predicted octanol–water partition coefficient (Wildman–Crippen LogP) is 3.74. The first-order valence-corrected chi connectivity index (χ1v) is 7.32. The minimum Gasteiger partial charge on any atom is -0.328 e. The number of rotatable bonds is 4. The summed E-state index contributed by atoms with van der Waals surface area (Å²) in [6.07, 6.45) is 2.80. The molecule has 0 saturated heterocycles. The third-order valence-electron chi connectivity index (χ3n) is 3.06. The Bertz CT molecular complexity index is 547. The molecule has 2 rings (SSSR count). The first kappa shape index (κ1) is 14.1. The van der Waals surface area contributed by atoms with Gasteiger partial charge in [-0.15, -0.1) is 0 Å². The molecular formula is C16H20N2S. The zero-order valence-electron chi connectivity index (χ0n) is 11.7. The van der Waals surface area contributed by atoms with Gasteiger partial charge in [-0.1, -0.05) is 23.9 Å². The molecule has 1 atom stereocenters. The molecule has 1 heterocycles. The number of nitrogens with zero attached hydrogens (tertiary/aromatic N) is 1. The number of hydrogen-bond acceptors (Lipinski definition) is 3. The van der Waals surface area contributed by atoms with E-state index in [1.54, 1.807) is 11.8 Å². The summed E-state index contributed by atoms with van der Waals surface area (Å²) in [5, 5.41) is 1.02. The van der Waals surface area contributed by atoms with Crippen molar-refractivity contribution in [1.82, 2.24) is 4.98 Å². The summed E-state index contributed by atoms with van der Waals surface area (Å²) in [7, 11) is 0. The van der Waals surface area contributed by atoms with E-state index in [1.807, 2.05) is 13.1 Å². The topological polar surface area (TPSA) is 38.9 Å². The molecule has 1 aromatic heterocycles. The van der Waals surface area contributed by atoms with Crippen molar-refractivity contribution in [2.24, 2.45) is 5.73 Å². The third-order valence-corrected chi connectivity index (χ3v) is 4.00. The monoisotopic (exact) mass is 272 g/mol. The van der Waals surface area contributed by atoms with Gasteiger partial charge in [-0.2, -0.15) is 0 Å². The van der Waals surface area contributed by atoms with Crippen molar-refractivity contribution in [2.45, 2.75) is 43.2 Å². The normalized spacial score (nSPS) is 12.4. The van der Waals surface area contributed by atoms with E-state index >= 15 is 0 Å². The molecule has 0 fully saturated rings. The average molecular weight is 272 g/mol. The van der Waals surface area contributed by atoms with Crippen LogP contribution in [0.2, 0.25) is 0 Å². The number of pyridine rings is 1. The van der Waals surface area contributed by atoms with Crippen LogP contribution in [0.5, 0.6) is 0 Å². The minimum absolute atomic E-state index is 0.181. The van der Waals surface area contributed by atoms with Gasteiger partial charge in [-0.25, -0.2) is 4.98 Å². The van der Waals surface area contributed by atoms with E-state index in [1.165, 1.54) is 21.6 Å². The Morgan fingerprint density at radius 2 is 1.95 bits per heavy atom. The molecule has 0 spiro atoms. The Labute approximate surface area is 119 Å². The summed E-state index contributed by atoms with van der Waals surface area (Å²) >= 11 is 1.70. The van der Waals surface area contributed by atoms with E-state index in [0.717, 1.165) is 11.4 Å². The average Bonchev–Trinajstić information content (AvgIpc) is 2.36. The summed E-state index contributed by atoms with van der Waals surface area (Å²) < 4.78 is 0. The molecule has 1 aromatic carbocycles. The molecule has 0 saturated carbocycles. The molecule has 3 heteroatoms. The molecule has 2 nitrogen and oxygen atoms in total. The Kier molecular flexibility index (Phi) is 4.61. The van der Waals surface area contributed by atoms with Gasteiger partial charge in [0.15, 0.2) is 0 Å². The van der Waals surface area contributed by atoms with E-state index in [9.17, 15) is 0 Å². The van der Waals surface area contributed by atoms with Gasteiger partial charge < -0.3 is 5.73 Å². The second-order valence-electron chi connectivity index (χ2n) is 5.03. The number of aryl methyl sites for hydroxylation is 2. The Morgan fingerprint density at radius 1 is 1.16 bits per heavy atom. The van der Waals surface area contributed by atoms with Gasteiger partial charge in [0.25, 0.3) is 0 Å². The highest BCUT2D eigenvalue weighted by Crippen LogP contribution is 2.27. The van der Waals surface area contributed by atoms with Gasteiger partial charge in [-0.05, 0) is 62.1 Å². The van der Waals surface area contributed by atoms with Gasteiger partial charge in [0.2, 0.25) is 0 Å². The fraction of sp³-hybridized carbons (Fsp3) is 0.312. The van der Waals surface area contributed by atoms with Crippen molar-refractivity contribution in [3.05, 3.63) is 53.2 Å². The van der Waals surface area contributed by atoms with Crippen LogP contribution in [-0.4, -0.2) is 11.0 Å². The van der Waals surface area contributed by atoms with E-state index in [-0.39, 0.29) is 6.04 Å². The van der Waals surface area contributed by atoms with Crippen molar-refractivity contribution in [3.8, 4) is 0 Å². The van der Waals surface area contributed by atoms with Crippen LogP contribution >= 0.6 is 11.8 Å². The van der Waals surface area contributed by atoms with Crippen molar-refractivity contribution in [1.29, 1.82) is 0 Å². The summed E-state index contributed by atoms with van der Waals surface area (Å²) in [5.41, 5.74) is 9.62. The summed E-state index contributed by atoms with van der Waals surface area (Å²) in [6.45, 7) is 6.28. The van der Waals surface area contributed by atoms with E-state index < -0.39 is 0 Å². The molecule has 19 heavy (non-hydrogen) atoms. The highest BCUT2D eigenvalue weighted by atomic mass is 32.2. The second kappa shape index (κ2) is 6.22. The standard InChI is InChI=1S/C16H20N2S/c1-11-4-6-15(8-12(11)2)19-16-7-5-14(10-18-16)9-13(3)17/h4-8,10,13H,9,17H2,1-3H3. The van der Waals surface area contributed by atoms with Crippen LogP contribution in [0.3, 0.4) is 0 Å². The minimum atomic E-state index is 0.181. The smallest absolute Gasteiger partial charge is 0.101 e. The molecule has 2 N–H and O–H groups in total. The van der Waals surface area contributed by atoms with Crippen LogP contribution in [0.25, 0.3) is 0 Å². The quantitative estimate of drug-likeness (QED) is 0.921. The van der Waals surface area contributed by atoms with Crippen molar-refractivity contribution < 1.29 is 0 Å². The fourth-order valence-corrected chi connectivity index (χ4v) is 2.72. The summed E-state index contributed by atoms with van der Waals surface area (Å²) in [5.74, 6) is 0. The molecule has 0 aliphatic rings. The van der Waals surface area contributed by atoms with Gasteiger partial charge >= 0.3 is 0 Å². The van der Waals surface area contributed by atoms with Crippen molar-refractivity contribution >= 4 is 11.8 Å². The van der Waals surface area contributed by atoms with Crippen LogP contribution in [0, 0.1) is 13.8 Å². The highest BCUT2D eigenvalue weighted by molar-refractivity contribution is 7.99. The van der Waals surface area contributed by atoms with Gasteiger partial charge in [0.05, 0.1) is 0 Å². The largest absolute Gasteiger partial charge is 0.328 e. The molecule has 1 unspecified atom stereocenters. The molecule has 100 valence electrons. The molecule has 0 aliphatic carbocycles. The molecule has 0 radical (unpaired) electrons. The van der Waals surface area contributed by atoms with Crippen LogP contribution in [0.1, 0.15) is 23.6 Å². The molecular weight excluding hydrogens is 252 g/mol. The number of hydrogen-bond donors (Lipinski definition) is 1. The van der Waals surface area contributed by atoms with E-state index in [4.69, 9.17) is 5.73 Å². The maximum absolute atomic E-state index is 5.78. The lowest BCUT2D eigenvalue weighted by Gasteiger charge is -2.07. The molecule has 0 bridgehead atoms. The first-order chi connectivity index (χ1) is 9.04. The lowest BCUT2D eigenvalue weighted by atomic mass is 10.1. The Hall–Kier alpha value is -1.32. The maximum Gasteiger partial charge on any atom is 0.101 e. The van der Waals surface area contributed by atoms with E-state index in [0.29, 0.717) is 0 Å². The molecule has 0 aliphatic heterocycles. The number of aromatic nitrogens is 1. The Balaban J connectivity index is 2.08. The number of nitrogens with two attached hydrogens (primary N) is 1. The second-order valence-corrected chi connectivity index (χ2v) is 6.13. The SMILES string of the molecule is Cc1ccc(Sc2ccc(CC(C)N)cn2)cc1C. The summed E-state index contributed by atoms with van der Waals surface area (Å²) in [6, 6.07) is 10.9. The lowest BCUT2D eigenvalue weighted by Crippen LogP contribution is -2.17. The molecule has 0 amide bonds. The van der Waals surface area contributed by atoms with Crippen LogP contribution in [-0.2, 0) is 6.42 Å². The van der Waals surface area contributed by atoms with Crippen molar-refractivity contribution in [3.63, 3.8) is 0 Å². The Morgan fingerprint density at radius 3 is 2.53 bits per heavy atom. The van der Waals surface area contributed by atoms with Crippen molar-refractivity contribution in [2.75, 3.05) is 0 Å². The van der Waals surface area contributed by atoms with Crippen LogP contribution in [0.4, 0.5) is 0 Å². The fourth-order valence-electron chi connectivity index (χ4n) is 1.86. The van der Waals surface area contributed by atoms with Gasteiger partial charge in [-0.3, -0.25) is 0 Å². The summed E-state index contributed by atoms with van der Waals surface area (Å²) in [4.78, 5) is 5.72. The zero-order chi connectivity index (χ0) is 13.8. The first-order valence-electron chi connectivity index (χ1n) is 6.50. The highest BCUT2D eigenvalue weighted by Gasteiger charge is 2.02. The predicted molar refractivity (Wildman–Crippen MR) is 81.6 cm³/mol. The third kappa shape index (κ3) is 4.08. The maximum atomic E-state index is 5.78. The van der Waals surface area contributed by atoms with Gasteiger partial charge in [0, 0.05) is 17.1 Å². The van der Waals surface area contributed by atoms with Crippen LogP contribution in [0.15, 0.2) is 46.5 Å². The molecule has 2 aromatic rings. The van der Waals surface area contributed by atoms with Gasteiger partial charge in [0.1, 0.15) is 5.03 Å². The van der Waals surface area contributed by atoms with E-state index in [2.05, 4.69) is 49.2 Å². The number of benzene rings is 1. The van der Waals surface area contributed by atoms with Crippen LogP contribution < -0.4 is 5.73 Å². The zero-order valence-corrected chi connectivity index (χ0v) is 12.5.